The van der Waals surface area contributed by atoms with Gasteiger partial charge in [0.25, 0.3) is 0 Å². The van der Waals surface area contributed by atoms with Crippen LogP contribution in [0.4, 0.5) is 0 Å². The molecule has 178 valence electrons. The topological polar surface area (TPSA) is 62.7 Å². The Labute approximate surface area is 197 Å². The van der Waals surface area contributed by atoms with E-state index < -0.39 is 5.97 Å². The van der Waals surface area contributed by atoms with Crippen molar-refractivity contribution >= 4 is 16.9 Å². The minimum atomic E-state index is -0.603. The maximum absolute atomic E-state index is 11.4. The van der Waals surface area contributed by atoms with Gasteiger partial charge in [0.05, 0.1) is 17.1 Å². The normalized spacial score (nSPS) is 29.0. The lowest BCUT2D eigenvalue weighted by molar-refractivity contribution is -0.144. The SMILES string of the molecule is CCC1CCCCC1Oc1ccc2nc(CN3CC(C4CCCC(C(=O)O)C4)C3)ccc2c1. The van der Waals surface area contributed by atoms with Crippen molar-refractivity contribution in [3.05, 3.63) is 36.0 Å². The number of ether oxygens (including phenoxy) is 1. The van der Waals surface area contributed by atoms with Crippen molar-refractivity contribution in [2.24, 2.45) is 23.7 Å². The molecular formula is C28H38N2O3. The summed E-state index contributed by atoms with van der Waals surface area (Å²) in [7, 11) is 0. The second-order valence-electron chi connectivity index (χ2n) is 10.7. The summed E-state index contributed by atoms with van der Waals surface area (Å²) < 4.78 is 6.41. The van der Waals surface area contributed by atoms with Gasteiger partial charge in [0.15, 0.2) is 0 Å². The van der Waals surface area contributed by atoms with Gasteiger partial charge in [0.1, 0.15) is 11.9 Å². The molecule has 1 aliphatic heterocycles. The number of rotatable bonds is 7. The Balaban J connectivity index is 1.16. The number of carboxylic acids is 1. The van der Waals surface area contributed by atoms with E-state index >= 15 is 0 Å². The monoisotopic (exact) mass is 450 g/mol. The second kappa shape index (κ2) is 10.0. The Hall–Kier alpha value is -2.14. The third kappa shape index (κ3) is 5.18. The first-order valence-electron chi connectivity index (χ1n) is 13.1. The third-order valence-electron chi connectivity index (χ3n) is 8.47. The fourth-order valence-corrected chi connectivity index (χ4v) is 6.42. The molecule has 0 amide bonds. The van der Waals surface area contributed by atoms with Crippen molar-refractivity contribution in [3.63, 3.8) is 0 Å². The van der Waals surface area contributed by atoms with Gasteiger partial charge in [-0.2, -0.15) is 0 Å². The van der Waals surface area contributed by atoms with Crippen LogP contribution in [-0.4, -0.2) is 40.2 Å². The molecule has 4 unspecified atom stereocenters. The number of fused-ring (bicyclic) bond motifs is 1. The number of pyridine rings is 1. The average Bonchev–Trinajstić information content (AvgIpc) is 2.81. The van der Waals surface area contributed by atoms with Crippen LogP contribution in [0, 0.1) is 23.7 Å². The van der Waals surface area contributed by atoms with E-state index in [0.29, 0.717) is 23.9 Å². The third-order valence-corrected chi connectivity index (χ3v) is 8.47. The zero-order chi connectivity index (χ0) is 22.8. The maximum Gasteiger partial charge on any atom is 0.306 e. The first-order valence-corrected chi connectivity index (χ1v) is 13.1. The van der Waals surface area contributed by atoms with Gasteiger partial charge in [-0.05, 0) is 80.5 Å². The summed E-state index contributed by atoms with van der Waals surface area (Å²) in [5.74, 6) is 2.15. The van der Waals surface area contributed by atoms with Crippen molar-refractivity contribution in [3.8, 4) is 5.75 Å². The van der Waals surface area contributed by atoms with Gasteiger partial charge in [0.2, 0.25) is 0 Å². The molecule has 2 aliphatic carbocycles. The molecule has 5 heteroatoms. The van der Waals surface area contributed by atoms with Gasteiger partial charge in [-0.15, -0.1) is 0 Å². The highest BCUT2D eigenvalue weighted by Crippen LogP contribution is 2.38. The van der Waals surface area contributed by atoms with Crippen molar-refractivity contribution in [1.29, 1.82) is 0 Å². The molecule has 1 aromatic heterocycles. The van der Waals surface area contributed by atoms with Crippen molar-refractivity contribution in [2.45, 2.75) is 77.4 Å². The summed E-state index contributed by atoms with van der Waals surface area (Å²) in [5.41, 5.74) is 2.14. The molecule has 3 aliphatic rings. The molecule has 5 rings (SSSR count). The fraction of sp³-hybridized carbons (Fsp3) is 0.643. The van der Waals surface area contributed by atoms with Gasteiger partial charge < -0.3 is 9.84 Å². The van der Waals surface area contributed by atoms with E-state index in [9.17, 15) is 9.90 Å². The first-order chi connectivity index (χ1) is 16.1. The number of benzene rings is 1. The number of hydrogen-bond donors (Lipinski definition) is 1. The van der Waals surface area contributed by atoms with Crippen LogP contribution in [0.1, 0.15) is 70.4 Å². The van der Waals surface area contributed by atoms with E-state index in [2.05, 4.69) is 42.2 Å². The number of carboxylic acid groups (broad SMARTS) is 1. The number of aliphatic carboxylic acids is 1. The van der Waals surface area contributed by atoms with Gasteiger partial charge in [0, 0.05) is 25.0 Å². The predicted octanol–water partition coefficient (Wildman–Crippen LogP) is 5.91. The van der Waals surface area contributed by atoms with E-state index in [1.54, 1.807) is 0 Å². The highest BCUT2D eigenvalue weighted by atomic mass is 16.5. The molecule has 1 N–H and O–H groups in total. The molecule has 0 bridgehead atoms. The zero-order valence-electron chi connectivity index (χ0n) is 19.9. The standard InChI is InChI=1S/C28H38N2O3/c1-2-19-6-3-4-9-27(19)33-25-12-13-26-21(15-25)10-11-24(29-26)18-30-16-23(17-30)20-7-5-8-22(14-20)28(31)32/h10-13,15,19-20,22-23,27H,2-9,14,16-18H2,1H3,(H,31,32). The number of aromatic nitrogens is 1. The van der Waals surface area contributed by atoms with E-state index in [1.807, 2.05) is 0 Å². The van der Waals surface area contributed by atoms with Crippen molar-refractivity contribution in [1.82, 2.24) is 9.88 Å². The highest BCUT2D eigenvalue weighted by molar-refractivity contribution is 5.80. The Morgan fingerprint density at radius 1 is 1.06 bits per heavy atom. The predicted molar refractivity (Wildman–Crippen MR) is 130 cm³/mol. The van der Waals surface area contributed by atoms with Crippen LogP contribution < -0.4 is 4.74 Å². The van der Waals surface area contributed by atoms with Gasteiger partial charge in [-0.25, -0.2) is 0 Å². The molecule has 33 heavy (non-hydrogen) atoms. The molecule has 3 fully saturated rings. The largest absolute Gasteiger partial charge is 0.490 e. The van der Waals surface area contributed by atoms with Crippen LogP contribution in [0.5, 0.6) is 5.75 Å². The van der Waals surface area contributed by atoms with Crippen LogP contribution in [0.15, 0.2) is 30.3 Å². The molecule has 4 atom stereocenters. The smallest absolute Gasteiger partial charge is 0.306 e. The van der Waals surface area contributed by atoms with Crippen LogP contribution in [0.2, 0.25) is 0 Å². The van der Waals surface area contributed by atoms with E-state index in [4.69, 9.17) is 9.72 Å². The number of carbonyl (C=O) groups is 1. The molecule has 1 aromatic carbocycles. The van der Waals surface area contributed by atoms with Gasteiger partial charge in [-0.1, -0.05) is 32.3 Å². The van der Waals surface area contributed by atoms with E-state index in [1.165, 1.54) is 38.5 Å². The molecule has 0 spiro atoms. The number of nitrogens with zero attached hydrogens (tertiary/aromatic N) is 2. The molecule has 1 saturated heterocycles. The van der Waals surface area contributed by atoms with Gasteiger partial charge in [-0.3, -0.25) is 14.7 Å². The Bertz CT molecular complexity index is 971. The maximum atomic E-state index is 11.4. The Kier molecular flexibility index (Phi) is 6.86. The molecular weight excluding hydrogens is 412 g/mol. The summed E-state index contributed by atoms with van der Waals surface area (Å²) in [6.07, 6.45) is 10.6. The van der Waals surface area contributed by atoms with Crippen molar-refractivity contribution in [2.75, 3.05) is 13.1 Å². The van der Waals surface area contributed by atoms with Crippen LogP contribution in [0.3, 0.4) is 0 Å². The van der Waals surface area contributed by atoms with Crippen LogP contribution >= 0.6 is 0 Å². The lowest BCUT2D eigenvalue weighted by Crippen LogP contribution is -2.50. The lowest BCUT2D eigenvalue weighted by Gasteiger charge is -2.45. The lowest BCUT2D eigenvalue weighted by atomic mass is 9.72. The summed E-state index contributed by atoms with van der Waals surface area (Å²) in [6.45, 7) is 5.30. The molecule has 2 saturated carbocycles. The molecule has 2 aromatic rings. The molecule has 0 radical (unpaired) electrons. The minimum absolute atomic E-state index is 0.125. The van der Waals surface area contributed by atoms with E-state index in [0.717, 1.165) is 61.2 Å². The minimum Gasteiger partial charge on any atom is -0.490 e. The number of likely N-dealkylation sites (tertiary alicyclic amines) is 1. The zero-order valence-corrected chi connectivity index (χ0v) is 19.9. The molecule has 5 nitrogen and oxygen atoms in total. The van der Waals surface area contributed by atoms with E-state index in [-0.39, 0.29) is 5.92 Å². The van der Waals surface area contributed by atoms with Crippen molar-refractivity contribution < 1.29 is 14.6 Å². The summed E-state index contributed by atoms with van der Waals surface area (Å²) >= 11 is 0. The second-order valence-corrected chi connectivity index (χ2v) is 10.7. The summed E-state index contributed by atoms with van der Waals surface area (Å²) in [4.78, 5) is 18.7. The molecule has 2 heterocycles. The fourth-order valence-electron chi connectivity index (χ4n) is 6.42. The first kappa shape index (κ1) is 22.6. The Morgan fingerprint density at radius 3 is 2.73 bits per heavy atom. The Morgan fingerprint density at radius 2 is 1.91 bits per heavy atom. The summed E-state index contributed by atoms with van der Waals surface area (Å²) in [5, 5.41) is 10.5. The van der Waals surface area contributed by atoms with Gasteiger partial charge >= 0.3 is 5.97 Å². The van der Waals surface area contributed by atoms with Crippen LogP contribution in [-0.2, 0) is 11.3 Å². The summed E-state index contributed by atoms with van der Waals surface area (Å²) in [6, 6.07) is 10.7. The quantitative estimate of drug-likeness (QED) is 0.568. The average molecular weight is 451 g/mol. The highest BCUT2D eigenvalue weighted by Gasteiger charge is 2.37. The van der Waals surface area contributed by atoms with Crippen LogP contribution in [0.25, 0.3) is 10.9 Å². The number of hydrogen-bond acceptors (Lipinski definition) is 4.